The van der Waals surface area contributed by atoms with Gasteiger partial charge in [-0.05, 0) is 42.5 Å². The van der Waals surface area contributed by atoms with Gasteiger partial charge in [0, 0.05) is 30.9 Å². The SMILES string of the molecule is O=C(NCCS(=O)(=O)N1CCOCC1)c1cccc(S(=O)(=O)Nc2ccc(F)cc2)c1. The van der Waals surface area contributed by atoms with Gasteiger partial charge in [-0.25, -0.2) is 21.2 Å². The lowest BCUT2D eigenvalue weighted by Gasteiger charge is -2.26. The summed E-state index contributed by atoms with van der Waals surface area (Å²) in [7, 11) is -7.53. The highest BCUT2D eigenvalue weighted by atomic mass is 32.2. The molecule has 9 nitrogen and oxygen atoms in total. The van der Waals surface area contributed by atoms with E-state index in [0.29, 0.717) is 13.2 Å². The Kier molecular flexibility index (Phi) is 7.26. The maximum absolute atomic E-state index is 13.0. The lowest BCUT2D eigenvalue weighted by molar-refractivity contribution is 0.0730. The van der Waals surface area contributed by atoms with E-state index < -0.39 is 31.8 Å². The third kappa shape index (κ3) is 6.23. The average molecular weight is 472 g/mol. The van der Waals surface area contributed by atoms with Crippen molar-refractivity contribution >= 4 is 31.6 Å². The van der Waals surface area contributed by atoms with E-state index in [2.05, 4.69) is 10.0 Å². The second kappa shape index (κ2) is 9.73. The summed E-state index contributed by atoms with van der Waals surface area (Å²) in [5.74, 6) is -1.38. The summed E-state index contributed by atoms with van der Waals surface area (Å²) in [6, 6.07) is 10.1. The van der Waals surface area contributed by atoms with Gasteiger partial charge in [0.15, 0.2) is 0 Å². The minimum atomic E-state index is -4.01. The van der Waals surface area contributed by atoms with Crippen LogP contribution >= 0.6 is 0 Å². The molecular formula is C19H22FN3O6S2. The van der Waals surface area contributed by atoms with Crippen molar-refractivity contribution < 1.29 is 30.8 Å². The van der Waals surface area contributed by atoms with Gasteiger partial charge in [0.05, 0.1) is 23.9 Å². The number of anilines is 1. The zero-order chi connectivity index (χ0) is 22.5. The monoisotopic (exact) mass is 471 g/mol. The molecule has 0 saturated carbocycles. The van der Waals surface area contributed by atoms with E-state index >= 15 is 0 Å². The molecule has 12 heteroatoms. The molecule has 3 rings (SSSR count). The third-order valence-corrected chi connectivity index (χ3v) is 7.76. The Balaban J connectivity index is 1.62. The van der Waals surface area contributed by atoms with Gasteiger partial charge >= 0.3 is 0 Å². The number of rotatable bonds is 8. The molecule has 31 heavy (non-hydrogen) atoms. The van der Waals surface area contributed by atoms with Crippen molar-refractivity contribution in [2.45, 2.75) is 4.90 Å². The highest BCUT2D eigenvalue weighted by Gasteiger charge is 2.24. The summed E-state index contributed by atoms with van der Waals surface area (Å²) in [6.07, 6.45) is 0. The predicted molar refractivity (Wildman–Crippen MR) is 112 cm³/mol. The van der Waals surface area contributed by atoms with Crippen LogP contribution in [0, 0.1) is 5.82 Å². The number of nitrogens with zero attached hydrogens (tertiary/aromatic N) is 1. The van der Waals surface area contributed by atoms with Gasteiger partial charge in [0.1, 0.15) is 5.82 Å². The van der Waals surface area contributed by atoms with Gasteiger partial charge in [0.2, 0.25) is 10.0 Å². The minimum Gasteiger partial charge on any atom is -0.379 e. The molecule has 0 bridgehead atoms. The lowest BCUT2D eigenvalue weighted by atomic mass is 10.2. The number of nitrogens with one attached hydrogen (secondary N) is 2. The van der Waals surface area contributed by atoms with Crippen molar-refractivity contribution in [3.8, 4) is 0 Å². The van der Waals surface area contributed by atoms with Crippen LogP contribution in [-0.4, -0.2) is 65.6 Å². The van der Waals surface area contributed by atoms with Crippen LogP contribution in [-0.2, 0) is 24.8 Å². The number of amides is 1. The first-order valence-corrected chi connectivity index (χ1v) is 12.5. The summed E-state index contributed by atoms with van der Waals surface area (Å²) in [5, 5.41) is 2.50. The molecule has 0 radical (unpaired) electrons. The summed E-state index contributed by atoms with van der Waals surface area (Å²) >= 11 is 0. The van der Waals surface area contributed by atoms with Crippen molar-refractivity contribution in [1.82, 2.24) is 9.62 Å². The number of ether oxygens (including phenoxy) is 1. The van der Waals surface area contributed by atoms with Gasteiger partial charge in [-0.1, -0.05) is 6.07 Å². The van der Waals surface area contributed by atoms with E-state index in [4.69, 9.17) is 4.74 Å². The fourth-order valence-corrected chi connectivity index (χ4v) is 5.31. The maximum Gasteiger partial charge on any atom is 0.261 e. The molecule has 1 amide bonds. The van der Waals surface area contributed by atoms with Crippen LogP contribution in [0.4, 0.5) is 10.1 Å². The van der Waals surface area contributed by atoms with Crippen LogP contribution in [0.1, 0.15) is 10.4 Å². The first kappa shape index (κ1) is 23.1. The molecule has 1 fully saturated rings. The predicted octanol–water partition coefficient (Wildman–Crippen LogP) is 1.02. The standard InChI is InChI=1S/C19H22FN3O6S2/c20-16-4-6-17(7-5-16)22-31(27,28)18-3-1-2-15(14-18)19(24)21-8-13-30(25,26)23-9-11-29-12-10-23/h1-7,14,22H,8-13H2,(H,21,24). The molecule has 2 N–H and O–H groups in total. The fourth-order valence-electron chi connectivity index (χ4n) is 2.89. The first-order valence-electron chi connectivity index (χ1n) is 9.40. The second-order valence-corrected chi connectivity index (χ2v) is 10.5. The quantitative estimate of drug-likeness (QED) is 0.593. The van der Waals surface area contributed by atoms with E-state index in [1.807, 2.05) is 0 Å². The highest BCUT2D eigenvalue weighted by Crippen LogP contribution is 2.17. The Morgan fingerprint density at radius 3 is 2.39 bits per heavy atom. The molecule has 0 spiro atoms. The topological polar surface area (TPSA) is 122 Å². The smallest absolute Gasteiger partial charge is 0.261 e. The number of benzene rings is 2. The van der Waals surface area contributed by atoms with E-state index in [9.17, 15) is 26.0 Å². The number of hydrogen-bond donors (Lipinski definition) is 2. The van der Waals surface area contributed by atoms with Crippen LogP contribution in [0.3, 0.4) is 0 Å². The molecule has 2 aromatic rings. The number of sulfonamides is 2. The van der Waals surface area contributed by atoms with Gasteiger partial charge in [-0.15, -0.1) is 0 Å². The third-order valence-electron chi connectivity index (χ3n) is 4.51. The summed E-state index contributed by atoms with van der Waals surface area (Å²) in [6.45, 7) is 1.09. The van der Waals surface area contributed by atoms with Crippen molar-refractivity contribution in [2.75, 3.05) is 43.3 Å². The summed E-state index contributed by atoms with van der Waals surface area (Å²) in [5.41, 5.74) is 0.232. The van der Waals surface area contributed by atoms with Crippen LogP contribution in [0.15, 0.2) is 53.4 Å². The molecule has 168 valence electrons. The van der Waals surface area contributed by atoms with Crippen LogP contribution in [0.25, 0.3) is 0 Å². The maximum atomic E-state index is 13.0. The Labute approximate surface area is 180 Å². The molecule has 0 unspecified atom stereocenters. The Morgan fingerprint density at radius 1 is 1.03 bits per heavy atom. The van der Waals surface area contributed by atoms with Crippen LogP contribution < -0.4 is 10.0 Å². The Hall–Kier alpha value is -2.54. The lowest BCUT2D eigenvalue weighted by Crippen LogP contribution is -2.43. The van der Waals surface area contributed by atoms with Crippen LogP contribution in [0.2, 0.25) is 0 Å². The fraction of sp³-hybridized carbons (Fsp3) is 0.316. The first-order chi connectivity index (χ1) is 14.7. The molecule has 0 aliphatic carbocycles. The Bertz CT molecular complexity index is 1130. The molecule has 0 aromatic heterocycles. The average Bonchev–Trinajstić information content (AvgIpc) is 2.76. The van der Waals surface area contributed by atoms with Gasteiger partial charge in [-0.3, -0.25) is 9.52 Å². The largest absolute Gasteiger partial charge is 0.379 e. The van der Waals surface area contributed by atoms with Crippen molar-refractivity contribution in [3.05, 3.63) is 59.9 Å². The number of carbonyl (C=O) groups is 1. The molecule has 0 atom stereocenters. The number of morpholine rings is 1. The van der Waals surface area contributed by atoms with E-state index in [1.165, 1.54) is 40.7 Å². The van der Waals surface area contributed by atoms with Crippen molar-refractivity contribution in [2.24, 2.45) is 0 Å². The number of carbonyl (C=O) groups excluding carboxylic acids is 1. The molecule has 1 aliphatic rings. The van der Waals surface area contributed by atoms with Crippen molar-refractivity contribution in [1.29, 1.82) is 0 Å². The summed E-state index contributed by atoms with van der Waals surface area (Å²) < 4.78 is 71.4. The van der Waals surface area contributed by atoms with E-state index in [-0.39, 0.29) is 41.5 Å². The zero-order valence-electron chi connectivity index (χ0n) is 16.5. The minimum absolute atomic E-state index is 0.0609. The second-order valence-electron chi connectivity index (χ2n) is 6.72. The van der Waals surface area contributed by atoms with Crippen molar-refractivity contribution in [3.63, 3.8) is 0 Å². The van der Waals surface area contributed by atoms with Crippen LogP contribution in [0.5, 0.6) is 0 Å². The Morgan fingerprint density at radius 2 is 1.71 bits per heavy atom. The highest BCUT2D eigenvalue weighted by molar-refractivity contribution is 7.92. The van der Waals surface area contributed by atoms with Gasteiger partial charge < -0.3 is 10.1 Å². The molecule has 1 aliphatic heterocycles. The van der Waals surface area contributed by atoms with E-state index in [1.54, 1.807) is 0 Å². The zero-order valence-corrected chi connectivity index (χ0v) is 18.1. The number of hydrogen-bond acceptors (Lipinski definition) is 6. The molecule has 2 aromatic carbocycles. The molecule has 1 heterocycles. The normalized spacial score (nSPS) is 15.4. The van der Waals surface area contributed by atoms with Gasteiger partial charge in [-0.2, -0.15) is 4.31 Å². The van der Waals surface area contributed by atoms with Gasteiger partial charge in [0.25, 0.3) is 15.9 Å². The van der Waals surface area contributed by atoms with E-state index in [0.717, 1.165) is 12.1 Å². The molecular weight excluding hydrogens is 449 g/mol. The number of halogens is 1. The molecule has 1 saturated heterocycles. The summed E-state index contributed by atoms with van der Waals surface area (Å²) in [4.78, 5) is 12.2.